The van der Waals surface area contributed by atoms with Crippen LogP contribution in [0.5, 0.6) is 0 Å². The highest BCUT2D eigenvalue weighted by Gasteiger charge is 2.47. The van der Waals surface area contributed by atoms with Crippen LogP contribution in [0.15, 0.2) is 285 Å². The van der Waals surface area contributed by atoms with Crippen LogP contribution in [0.25, 0.3) is 66.8 Å². The fourth-order valence-corrected chi connectivity index (χ4v) is 10.5. The van der Waals surface area contributed by atoms with E-state index in [1.54, 1.807) is 0 Å². The maximum Gasteiger partial charge on any atom is 0.0714 e. The van der Waals surface area contributed by atoms with Crippen molar-refractivity contribution in [1.29, 1.82) is 0 Å². The molecule has 0 saturated carbocycles. The summed E-state index contributed by atoms with van der Waals surface area (Å²) >= 11 is 0. The summed E-state index contributed by atoms with van der Waals surface area (Å²) in [5.41, 5.74) is 22.3. The zero-order chi connectivity index (χ0) is 45.3. The summed E-state index contributed by atoms with van der Waals surface area (Å²) < 4.78 is 0. The van der Waals surface area contributed by atoms with Crippen molar-refractivity contribution in [3.63, 3.8) is 0 Å². The molecule has 0 atom stereocenters. The molecule has 0 saturated heterocycles. The quantitative estimate of drug-likeness (QED) is 0.132. The largest absolute Gasteiger partial charge is 0.310 e. The number of hydrogen-bond acceptors (Lipinski definition) is 1. The van der Waals surface area contributed by atoms with E-state index in [1.165, 1.54) is 89.0 Å². The molecule has 0 radical (unpaired) electrons. The molecule has 0 aromatic heterocycles. The SMILES string of the molecule is C.[HH].c1ccc(-c2ccc(-c3ccc(N(c4ccc(-c5ccc(-c6ccccc6)cc5)cc4)c4ccc5c(c4)C(c4ccccc4)(c4ccccc4)c4cccc(-c6ccccc6)c4-5)cc3)cc2)cc1. The number of hydrogen-bond donors (Lipinski definition) is 0. The van der Waals surface area contributed by atoms with Crippen molar-refractivity contribution in [2.24, 2.45) is 0 Å². The third kappa shape index (κ3) is 7.75. The maximum atomic E-state index is 2.47. The van der Waals surface area contributed by atoms with Gasteiger partial charge in [-0.2, -0.15) is 0 Å². The van der Waals surface area contributed by atoms with Crippen LogP contribution in [0.4, 0.5) is 17.1 Å². The third-order valence-electron chi connectivity index (χ3n) is 13.8. The van der Waals surface area contributed by atoms with E-state index < -0.39 is 5.41 Å². The van der Waals surface area contributed by atoms with Gasteiger partial charge in [-0.3, -0.25) is 0 Å². The molecule has 0 unspecified atom stereocenters. The van der Waals surface area contributed by atoms with Crippen molar-refractivity contribution in [3.05, 3.63) is 307 Å². The molecule has 11 aromatic rings. The van der Waals surface area contributed by atoms with Gasteiger partial charge < -0.3 is 4.90 Å². The molecule has 0 spiro atoms. The standard InChI is InChI=1S/C67H47N.CH4.H2/c1-6-17-48(18-7-1)50-29-33-52(34-30-50)54-37-41-59(42-38-54)68(60-43-39-55(40-44-60)53-35-31-51(32-36-53)49-19-8-2-9-20-49)61-45-46-63-65(47-61)67(57-23-12-4-13-24-57,58-25-14-5-15-26-58)64-28-16-27-62(66(63)64)56-21-10-3-11-22-56;;/h1-47H;1H4;1H. The predicted molar refractivity (Wildman–Crippen MR) is 294 cm³/mol. The lowest BCUT2D eigenvalue weighted by atomic mass is 9.67. The first-order chi connectivity index (χ1) is 33.7. The van der Waals surface area contributed by atoms with Crippen LogP contribution in [0.3, 0.4) is 0 Å². The van der Waals surface area contributed by atoms with E-state index >= 15 is 0 Å². The van der Waals surface area contributed by atoms with Gasteiger partial charge in [-0.1, -0.05) is 256 Å². The minimum absolute atomic E-state index is 0. The van der Waals surface area contributed by atoms with Crippen molar-refractivity contribution in [2.45, 2.75) is 12.8 Å². The van der Waals surface area contributed by atoms with E-state index in [0.717, 1.165) is 17.1 Å². The van der Waals surface area contributed by atoms with Gasteiger partial charge in [0.05, 0.1) is 5.41 Å². The molecule has 1 heteroatoms. The van der Waals surface area contributed by atoms with Crippen LogP contribution in [-0.4, -0.2) is 0 Å². The van der Waals surface area contributed by atoms with Gasteiger partial charge in [0.1, 0.15) is 0 Å². The molecule has 330 valence electrons. The predicted octanol–water partition coefficient (Wildman–Crippen LogP) is 18.7. The fraction of sp³-hybridized carbons (Fsp3) is 0.0294. The Morgan fingerprint density at radius 3 is 0.986 bits per heavy atom. The fourth-order valence-electron chi connectivity index (χ4n) is 10.5. The van der Waals surface area contributed by atoms with E-state index in [0.29, 0.717) is 0 Å². The van der Waals surface area contributed by atoms with Crippen molar-refractivity contribution in [1.82, 2.24) is 0 Å². The van der Waals surface area contributed by atoms with Gasteiger partial charge in [-0.15, -0.1) is 0 Å². The second kappa shape index (κ2) is 18.5. The highest BCUT2D eigenvalue weighted by Crippen LogP contribution is 2.59. The summed E-state index contributed by atoms with van der Waals surface area (Å²) in [6.07, 6.45) is 0. The average molecular weight is 884 g/mol. The molecule has 0 aliphatic heterocycles. The Labute approximate surface area is 408 Å². The van der Waals surface area contributed by atoms with Crippen molar-refractivity contribution in [3.8, 4) is 66.8 Å². The topological polar surface area (TPSA) is 3.24 Å². The molecule has 1 aliphatic rings. The number of nitrogens with zero attached hydrogens (tertiary/aromatic N) is 1. The summed E-state index contributed by atoms with van der Waals surface area (Å²) in [6.45, 7) is 0. The molecule has 0 fully saturated rings. The Kier molecular flexibility index (Phi) is 11.5. The van der Waals surface area contributed by atoms with Gasteiger partial charge in [0.15, 0.2) is 0 Å². The number of fused-ring (bicyclic) bond motifs is 3. The molecular formula is C68H53N. The first kappa shape index (κ1) is 42.8. The second-order valence-corrected chi connectivity index (χ2v) is 17.6. The molecule has 69 heavy (non-hydrogen) atoms. The van der Waals surface area contributed by atoms with Crippen molar-refractivity contribution in [2.75, 3.05) is 4.90 Å². The van der Waals surface area contributed by atoms with E-state index in [2.05, 4.69) is 290 Å². The maximum absolute atomic E-state index is 2.47. The molecule has 11 aromatic carbocycles. The highest BCUT2D eigenvalue weighted by atomic mass is 15.1. The lowest BCUT2D eigenvalue weighted by Gasteiger charge is -2.35. The van der Waals surface area contributed by atoms with Crippen molar-refractivity contribution < 1.29 is 1.43 Å². The first-order valence-corrected chi connectivity index (χ1v) is 23.5. The lowest BCUT2D eigenvalue weighted by molar-refractivity contribution is 0.768. The van der Waals surface area contributed by atoms with Crippen LogP contribution >= 0.6 is 0 Å². The Hall–Kier alpha value is -8.78. The van der Waals surface area contributed by atoms with E-state index in [-0.39, 0.29) is 8.85 Å². The van der Waals surface area contributed by atoms with Gasteiger partial charge in [-0.05, 0) is 125 Å². The normalized spacial score (nSPS) is 12.1. The lowest BCUT2D eigenvalue weighted by Crippen LogP contribution is -2.28. The minimum Gasteiger partial charge on any atom is -0.310 e. The molecule has 12 rings (SSSR count). The molecule has 1 aliphatic carbocycles. The van der Waals surface area contributed by atoms with E-state index in [1.807, 2.05) is 0 Å². The molecule has 0 N–H and O–H groups in total. The van der Waals surface area contributed by atoms with Crippen LogP contribution < -0.4 is 4.90 Å². The minimum atomic E-state index is -0.578. The Balaban J connectivity index is 0.00000284. The van der Waals surface area contributed by atoms with Crippen LogP contribution in [-0.2, 0) is 5.41 Å². The van der Waals surface area contributed by atoms with E-state index in [9.17, 15) is 0 Å². The molecule has 1 nitrogen and oxygen atoms in total. The monoisotopic (exact) mass is 883 g/mol. The zero-order valence-electron chi connectivity index (χ0n) is 37.6. The highest BCUT2D eigenvalue weighted by molar-refractivity contribution is 5.97. The summed E-state index contributed by atoms with van der Waals surface area (Å²) in [5, 5.41) is 0. The molecular weight excluding hydrogens is 831 g/mol. The average Bonchev–Trinajstić information content (AvgIpc) is 3.73. The zero-order valence-corrected chi connectivity index (χ0v) is 37.6. The smallest absolute Gasteiger partial charge is 0.0714 e. The van der Waals surface area contributed by atoms with Gasteiger partial charge in [0.2, 0.25) is 0 Å². The van der Waals surface area contributed by atoms with Crippen LogP contribution in [0.1, 0.15) is 31.1 Å². The van der Waals surface area contributed by atoms with Crippen LogP contribution in [0, 0.1) is 0 Å². The summed E-state index contributed by atoms with van der Waals surface area (Å²) in [6, 6.07) is 104. The molecule has 0 bridgehead atoms. The van der Waals surface area contributed by atoms with Gasteiger partial charge in [-0.25, -0.2) is 0 Å². The second-order valence-electron chi connectivity index (χ2n) is 17.6. The van der Waals surface area contributed by atoms with Gasteiger partial charge in [0, 0.05) is 18.5 Å². The number of anilines is 3. The summed E-state index contributed by atoms with van der Waals surface area (Å²) in [5.74, 6) is 0. The van der Waals surface area contributed by atoms with Gasteiger partial charge in [0.25, 0.3) is 0 Å². The summed E-state index contributed by atoms with van der Waals surface area (Å²) in [7, 11) is 0. The molecule has 0 amide bonds. The Morgan fingerprint density at radius 1 is 0.246 bits per heavy atom. The van der Waals surface area contributed by atoms with E-state index in [4.69, 9.17) is 0 Å². The Morgan fingerprint density at radius 2 is 0.580 bits per heavy atom. The van der Waals surface area contributed by atoms with Crippen LogP contribution in [0.2, 0.25) is 0 Å². The van der Waals surface area contributed by atoms with Crippen molar-refractivity contribution >= 4 is 17.1 Å². The Bertz CT molecular complexity index is 3320. The summed E-state index contributed by atoms with van der Waals surface area (Å²) in [4.78, 5) is 2.42. The molecule has 0 heterocycles. The third-order valence-corrected chi connectivity index (χ3v) is 13.8. The number of rotatable bonds is 10. The first-order valence-electron chi connectivity index (χ1n) is 23.5. The number of benzene rings is 11. The van der Waals surface area contributed by atoms with Gasteiger partial charge >= 0.3 is 0 Å².